The number of para-hydroxylation sites is 5. The van der Waals surface area contributed by atoms with Gasteiger partial charge in [-0.3, -0.25) is 0 Å². The Morgan fingerprint density at radius 3 is 1.73 bits per heavy atom. The summed E-state index contributed by atoms with van der Waals surface area (Å²) < 4.78 is 1.45. The Morgan fingerprint density at radius 2 is 1.00 bits per heavy atom. The molecule has 0 aliphatic carbocycles. The van der Waals surface area contributed by atoms with Crippen LogP contribution in [0.1, 0.15) is 49.9 Å². The molecule has 0 spiro atoms. The van der Waals surface area contributed by atoms with Gasteiger partial charge < -0.3 is 0 Å². The van der Waals surface area contributed by atoms with Crippen molar-refractivity contribution in [3.8, 4) is 0 Å². The van der Waals surface area contributed by atoms with Gasteiger partial charge in [0.1, 0.15) is 0 Å². The van der Waals surface area contributed by atoms with Gasteiger partial charge in [0.15, 0.2) is 0 Å². The Kier molecular flexibility index (Phi) is 5.11. The third kappa shape index (κ3) is 3.05. The van der Waals surface area contributed by atoms with Crippen molar-refractivity contribution in [1.29, 1.82) is 0 Å². The summed E-state index contributed by atoms with van der Waals surface area (Å²) in [5.74, 6) is 0. The van der Waals surface area contributed by atoms with Crippen LogP contribution in [-0.2, 0) is 10.8 Å². The average Bonchev–Trinajstić information content (AvgIpc) is 2.96. The first-order valence-corrected chi connectivity index (χ1v) is 16.1. The average molecular weight is 709 g/mol. The number of benzene rings is 5. The molecule has 191 valence electrons. The molecule has 5 aromatic carbocycles. The second-order valence-electron chi connectivity index (χ2n) is 12.4. The van der Waals surface area contributed by atoms with E-state index < -0.39 is 0 Å². The first kappa shape index (κ1) is 24.5. The van der Waals surface area contributed by atoms with Gasteiger partial charge in [0, 0.05) is 0 Å². The number of hydrogen-bond acceptors (Lipinski definition) is 2. The molecule has 0 saturated heterocycles. The molecule has 40 heavy (non-hydrogen) atoms. The van der Waals surface area contributed by atoms with Gasteiger partial charge in [-0.15, -0.1) is 0 Å². The van der Waals surface area contributed by atoms with Crippen molar-refractivity contribution in [2.45, 2.75) is 38.5 Å². The third-order valence-corrected chi connectivity index (χ3v) is 11.2. The van der Waals surface area contributed by atoms with Crippen LogP contribution in [0.3, 0.4) is 0 Å². The number of nitrogens with zero attached hydrogens (tertiary/aromatic N) is 2. The minimum absolute atomic E-state index is 0.0644. The van der Waals surface area contributed by atoms with Crippen LogP contribution < -0.4 is 23.8 Å². The van der Waals surface area contributed by atoms with Crippen LogP contribution in [-0.4, -0.2) is 32.6 Å². The van der Waals surface area contributed by atoms with E-state index in [-0.39, 0.29) is 17.7 Å². The first-order valence-electron chi connectivity index (χ1n) is 14.2. The zero-order chi connectivity index (χ0) is 27.4. The summed E-state index contributed by atoms with van der Waals surface area (Å²) in [5, 5.41) is 0. The number of fused-ring (bicyclic) bond motifs is 6. The van der Waals surface area contributed by atoms with E-state index in [1.54, 1.807) is 0 Å². The molecule has 0 aromatic heterocycles. The first-order chi connectivity index (χ1) is 19.3. The van der Waals surface area contributed by atoms with Crippen molar-refractivity contribution in [2.24, 2.45) is 0 Å². The second kappa shape index (κ2) is 8.36. The van der Waals surface area contributed by atoms with Gasteiger partial charge in [-0.1, -0.05) is 0 Å². The molecule has 3 radical (unpaired) electrons. The van der Waals surface area contributed by atoms with E-state index in [1.807, 2.05) is 0 Å². The molecule has 0 bridgehead atoms. The standard InChI is InChI=1S/C36H30BN2.Pb/c1-35(2)25-15-6-10-21-31(25)39(32-22-11-7-16-26(32)35)37-28-18-8-12-23-33(28)38-30-20-9-5-14-24(30)36(3,4)27-17-13-19-29(37)34(27)38;/h5-21,23H,1-4H3;. The van der Waals surface area contributed by atoms with E-state index in [0.717, 1.165) is 25.8 Å². The van der Waals surface area contributed by atoms with Crippen LogP contribution in [0.5, 0.6) is 0 Å². The van der Waals surface area contributed by atoms with Crippen LogP contribution in [0.2, 0.25) is 0 Å². The Labute approximate surface area is 253 Å². The molecular weight excluding hydrogens is 678 g/mol. The summed E-state index contributed by atoms with van der Waals surface area (Å²) in [6, 6.07) is 41.2. The number of rotatable bonds is 1. The van der Waals surface area contributed by atoms with Gasteiger partial charge in [-0.2, -0.15) is 0 Å². The van der Waals surface area contributed by atoms with E-state index in [1.165, 1.54) is 64.7 Å². The van der Waals surface area contributed by atoms with Crippen molar-refractivity contribution < 1.29 is 0 Å². The Hall–Kier alpha value is -3.31. The van der Waals surface area contributed by atoms with E-state index >= 15 is 0 Å². The van der Waals surface area contributed by atoms with Crippen molar-refractivity contribution in [3.05, 3.63) is 131 Å². The summed E-state index contributed by atoms with van der Waals surface area (Å²) >= 11 is 0.988. The Bertz CT molecular complexity index is 1860. The van der Waals surface area contributed by atoms with Crippen molar-refractivity contribution >= 4 is 75.1 Å². The topological polar surface area (TPSA) is 6.48 Å². The molecule has 3 heterocycles. The second-order valence-corrected chi connectivity index (χ2v) is 14.5. The van der Waals surface area contributed by atoms with E-state index in [2.05, 4.69) is 147 Å². The normalized spacial score (nSPS) is 16.9. The van der Waals surface area contributed by atoms with Crippen LogP contribution in [0.25, 0.3) is 0 Å². The fraction of sp³-hybridized carbons (Fsp3) is 0.167. The molecule has 0 N–H and O–H groups in total. The molecule has 3 aliphatic rings. The monoisotopic (exact) mass is 709 g/mol. The maximum atomic E-state index is 2.69. The molecule has 0 amide bonds. The predicted octanol–water partition coefficient (Wildman–Crippen LogP) is 6.49. The number of hydrogen-bond donors (Lipinski definition) is 0. The Morgan fingerprint density at radius 1 is 0.500 bits per heavy atom. The predicted molar refractivity (Wildman–Crippen MR) is 171 cm³/mol. The molecule has 5 aromatic rings. The van der Waals surface area contributed by atoms with Crippen LogP contribution >= 0.6 is 0 Å². The summed E-state index contributed by atoms with van der Waals surface area (Å²) in [7, 11) is 0. The summed E-state index contributed by atoms with van der Waals surface area (Å²) in [6.45, 7) is 9.62. The van der Waals surface area contributed by atoms with E-state index in [0.29, 0.717) is 0 Å². The van der Waals surface area contributed by atoms with Gasteiger partial charge in [-0.25, -0.2) is 0 Å². The van der Waals surface area contributed by atoms with Gasteiger partial charge in [0.2, 0.25) is 0 Å². The maximum absolute atomic E-state index is 2.69. The van der Waals surface area contributed by atoms with Crippen LogP contribution in [0.15, 0.2) is 109 Å². The molecule has 8 rings (SSSR count). The molecule has 0 atom stereocenters. The SMILES string of the molecule is CC1(C)c2ccccc2N(B2c3ccccc3N3c4ccccc4C(C)(C)c4cccc2c43)c2[c]([Pb])cccc21. The molecular formula is C36H30BN2Pb. The number of anilines is 5. The third-order valence-electron chi connectivity index (χ3n) is 9.59. The molecule has 4 heteroatoms. The van der Waals surface area contributed by atoms with Gasteiger partial charge in [-0.05, 0) is 0 Å². The van der Waals surface area contributed by atoms with Gasteiger partial charge in [0.05, 0.1) is 0 Å². The summed E-state index contributed by atoms with van der Waals surface area (Å²) in [6.07, 6.45) is 0. The van der Waals surface area contributed by atoms with Crippen molar-refractivity contribution in [3.63, 3.8) is 0 Å². The summed E-state index contributed by atoms with van der Waals surface area (Å²) in [4.78, 5) is 5.24. The molecule has 0 unspecified atom stereocenters. The molecule has 2 nitrogen and oxygen atoms in total. The molecule has 3 aliphatic heterocycles. The molecule has 0 fully saturated rings. The quantitative estimate of drug-likeness (QED) is 0.184. The van der Waals surface area contributed by atoms with Gasteiger partial charge >= 0.3 is 255 Å². The van der Waals surface area contributed by atoms with Crippen LogP contribution in [0.4, 0.5) is 28.4 Å². The summed E-state index contributed by atoms with van der Waals surface area (Å²) in [5.41, 5.74) is 14.8. The zero-order valence-corrected chi connectivity index (χ0v) is 27.3. The van der Waals surface area contributed by atoms with Crippen molar-refractivity contribution in [2.75, 3.05) is 9.71 Å². The zero-order valence-electron chi connectivity index (χ0n) is 23.4. The van der Waals surface area contributed by atoms with Gasteiger partial charge in [0.25, 0.3) is 0 Å². The Balaban J connectivity index is 1.49. The van der Waals surface area contributed by atoms with Crippen molar-refractivity contribution in [1.82, 2.24) is 0 Å². The van der Waals surface area contributed by atoms with Crippen LogP contribution in [0, 0.1) is 0 Å². The fourth-order valence-corrected chi connectivity index (χ4v) is 9.04. The molecule has 0 saturated carbocycles. The van der Waals surface area contributed by atoms with E-state index in [9.17, 15) is 0 Å². The fourth-order valence-electron chi connectivity index (χ4n) is 7.67. The van der Waals surface area contributed by atoms with E-state index in [4.69, 9.17) is 0 Å². The minimum atomic E-state index is -0.0994.